The number of aromatic nitrogens is 1. The van der Waals surface area contributed by atoms with Crippen molar-refractivity contribution in [3.05, 3.63) is 39.4 Å². The van der Waals surface area contributed by atoms with Gasteiger partial charge >= 0.3 is 5.97 Å². The first-order valence-electron chi connectivity index (χ1n) is 9.38. The van der Waals surface area contributed by atoms with E-state index in [9.17, 15) is 27.7 Å². The van der Waals surface area contributed by atoms with Crippen molar-refractivity contribution in [1.82, 2.24) is 9.71 Å². The molecule has 1 aliphatic heterocycles. The number of carbonyl (C=O) groups excluding carboxylic acids is 2. The van der Waals surface area contributed by atoms with Crippen LogP contribution in [0.4, 0.5) is 10.2 Å². The Morgan fingerprint density at radius 3 is 2.84 bits per heavy atom. The van der Waals surface area contributed by atoms with Crippen LogP contribution in [0.25, 0.3) is 0 Å². The summed E-state index contributed by atoms with van der Waals surface area (Å²) in [6, 6.07) is 6.02. The molecule has 0 bridgehead atoms. The third kappa shape index (κ3) is 5.17. The molecule has 1 N–H and O–H groups in total. The van der Waals surface area contributed by atoms with Gasteiger partial charge in [-0.2, -0.15) is 5.26 Å². The number of anilines is 1. The van der Waals surface area contributed by atoms with Crippen molar-refractivity contribution in [3.8, 4) is 6.07 Å². The molecule has 13 heteroatoms. The number of carbonyl (C=O) groups is 2. The quantitative estimate of drug-likeness (QED) is 0.574. The first-order valence-corrected chi connectivity index (χ1v) is 12.1. The summed E-state index contributed by atoms with van der Waals surface area (Å²) < 4.78 is 44.0. The van der Waals surface area contributed by atoms with E-state index in [-0.39, 0.29) is 37.7 Å². The van der Waals surface area contributed by atoms with Crippen LogP contribution in [-0.4, -0.2) is 51.6 Å². The summed E-state index contributed by atoms with van der Waals surface area (Å²) in [5.74, 6) is -1.83. The molecular weight excluding hydrogens is 483 g/mol. The van der Waals surface area contributed by atoms with Crippen molar-refractivity contribution in [3.63, 3.8) is 0 Å². The fraction of sp³-hybridized carbons (Fsp3) is 0.368. The maximum Gasteiger partial charge on any atom is 0.340 e. The van der Waals surface area contributed by atoms with Gasteiger partial charge in [0.1, 0.15) is 29.4 Å². The number of alkyl halides is 1. The standard InChI is InChI=1S/C19H18ClFN4O5S2/c1-11-14(19(27)30-7-5-21)8-13(9-22)17(23-11)25-6-4-12(10-25)18(26)24-32(28,29)16-3-2-15(20)31-16/h2-3,8,12H,4-7,10H2,1H3,(H,24,26). The van der Waals surface area contributed by atoms with E-state index in [1.54, 1.807) is 11.8 Å². The lowest BCUT2D eigenvalue weighted by molar-refractivity contribution is -0.122. The van der Waals surface area contributed by atoms with E-state index in [1.807, 2.05) is 6.07 Å². The average molecular weight is 501 g/mol. The molecule has 1 aliphatic rings. The lowest BCUT2D eigenvalue weighted by Gasteiger charge is -2.20. The third-order valence-electron chi connectivity index (χ3n) is 4.75. The fourth-order valence-corrected chi connectivity index (χ4v) is 5.73. The molecular formula is C19H18ClFN4O5S2. The van der Waals surface area contributed by atoms with Gasteiger partial charge in [-0.25, -0.2) is 27.3 Å². The molecule has 1 amide bonds. The van der Waals surface area contributed by atoms with Gasteiger partial charge in [-0.15, -0.1) is 11.3 Å². The van der Waals surface area contributed by atoms with E-state index in [0.717, 1.165) is 11.3 Å². The number of nitrogens with zero attached hydrogens (tertiary/aromatic N) is 3. The van der Waals surface area contributed by atoms with E-state index >= 15 is 0 Å². The van der Waals surface area contributed by atoms with Crippen LogP contribution in [0.1, 0.15) is 28.0 Å². The predicted molar refractivity (Wildman–Crippen MR) is 115 cm³/mol. The fourth-order valence-electron chi connectivity index (χ4n) is 3.21. The molecule has 1 atom stereocenters. The Morgan fingerprint density at radius 1 is 1.47 bits per heavy atom. The molecule has 0 spiro atoms. The van der Waals surface area contributed by atoms with Crippen LogP contribution < -0.4 is 9.62 Å². The smallest absolute Gasteiger partial charge is 0.340 e. The number of halogens is 2. The van der Waals surface area contributed by atoms with Gasteiger partial charge in [0.05, 0.1) is 27.1 Å². The molecule has 3 rings (SSSR count). The number of thiophene rings is 1. The second kappa shape index (κ2) is 9.81. The van der Waals surface area contributed by atoms with Crippen LogP contribution in [-0.2, 0) is 19.6 Å². The molecule has 0 radical (unpaired) electrons. The van der Waals surface area contributed by atoms with Crippen LogP contribution >= 0.6 is 22.9 Å². The Balaban J connectivity index is 1.74. The van der Waals surface area contributed by atoms with E-state index in [0.29, 0.717) is 13.0 Å². The minimum atomic E-state index is -4.03. The number of sulfonamides is 1. The molecule has 0 aliphatic carbocycles. The van der Waals surface area contributed by atoms with Gasteiger partial charge in [0.25, 0.3) is 10.0 Å². The van der Waals surface area contributed by atoms with Crippen molar-refractivity contribution in [2.45, 2.75) is 17.6 Å². The van der Waals surface area contributed by atoms with Crippen molar-refractivity contribution < 1.29 is 27.1 Å². The summed E-state index contributed by atoms with van der Waals surface area (Å²) in [6.07, 6.45) is 0.346. The molecule has 2 aromatic heterocycles. The number of hydrogen-bond donors (Lipinski definition) is 1. The van der Waals surface area contributed by atoms with Gasteiger partial charge in [-0.1, -0.05) is 11.6 Å². The van der Waals surface area contributed by atoms with Crippen molar-refractivity contribution >= 4 is 50.7 Å². The maximum absolute atomic E-state index is 12.6. The monoisotopic (exact) mass is 500 g/mol. The topological polar surface area (TPSA) is 129 Å². The lowest BCUT2D eigenvalue weighted by atomic mass is 10.1. The first kappa shape index (κ1) is 23.9. The highest BCUT2D eigenvalue weighted by Gasteiger charge is 2.33. The first-order chi connectivity index (χ1) is 15.2. The molecule has 1 fully saturated rings. The molecule has 1 unspecified atom stereocenters. The summed E-state index contributed by atoms with van der Waals surface area (Å²) in [5.41, 5.74) is 0.422. The summed E-state index contributed by atoms with van der Waals surface area (Å²) >= 11 is 6.61. The van der Waals surface area contributed by atoms with Crippen molar-refractivity contribution in [2.24, 2.45) is 5.92 Å². The second-order valence-electron chi connectivity index (χ2n) is 6.89. The van der Waals surface area contributed by atoms with Gasteiger partial charge in [0.15, 0.2) is 0 Å². The van der Waals surface area contributed by atoms with Gasteiger partial charge < -0.3 is 9.64 Å². The van der Waals surface area contributed by atoms with Crippen LogP contribution in [0.2, 0.25) is 4.34 Å². The van der Waals surface area contributed by atoms with Crippen molar-refractivity contribution in [1.29, 1.82) is 5.26 Å². The lowest BCUT2D eigenvalue weighted by Crippen LogP contribution is -2.36. The molecule has 32 heavy (non-hydrogen) atoms. The SMILES string of the molecule is Cc1nc(N2CCC(C(=O)NS(=O)(=O)c3ccc(Cl)s3)C2)c(C#N)cc1C(=O)OCCF. The predicted octanol–water partition coefficient (Wildman–Crippen LogP) is 2.43. The summed E-state index contributed by atoms with van der Waals surface area (Å²) in [4.78, 5) is 30.6. The van der Waals surface area contributed by atoms with Crippen LogP contribution in [0.5, 0.6) is 0 Å². The highest BCUT2D eigenvalue weighted by molar-refractivity contribution is 7.92. The van der Waals surface area contributed by atoms with E-state index in [2.05, 4.69) is 9.71 Å². The maximum atomic E-state index is 12.6. The van der Waals surface area contributed by atoms with E-state index in [1.165, 1.54) is 18.2 Å². The summed E-state index contributed by atoms with van der Waals surface area (Å²) in [7, 11) is -4.03. The molecule has 3 heterocycles. The number of amides is 1. The van der Waals surface area contributed by atoms with Gasteiger partial charge in [0.2, 0.25) is 5.91 Å². The normalized spacial score (nSPS) is 15.9. The highest BCUT2D eigenvalue weighted by Crippen LogP contribution is 2.29. The minimum absolute atomic E-state index is 0.0490. The Labute approximate surface area is 192 Å². The minimum Gasteiger partial charge on any atom is -0.459 e. The number of rotatable bonds is 7. The summed E-state index contributed by atoms with van der Waals surface area (Å²) in [6.45, 7) is 0.823. The Morgan fingerprint density at radius 2 is 2.22 bits per heavy atom. The molecule has 0 aromatic carbocycles. The number of nitriles is 1. The number of hydrogen-bond acceptors (Lipinski definition) is 9. The molecule has 9 nitrogen and oxygen atoms in total. The van der Waals surface area contributed by atoms with Gasteiger partial charge in [-0.05, 0) is 31.5 Å². The van der Waals surface area contributed by atoms with Gasteiger partial charge in [-0.3, -0.25) is 4.79 Å². The zero-order valence-electron chi connectivity index (χ0n) is 16.8. The van der Waals surface area contributed by atoms with E-state index < -0.39 is 41.1 Å². The number of ether oxygens (including phenoxy) is 1. The number of nitrogens with one attached hydrogen (secondary N) is 1. The van der Waals surface area contributed by atoms with Crippen LogP contribution in [0.15, 0.2) is 22.4 Å². The zero-order valence-corrected chi connectivity index (χ0v) is 19.2. The van der Waals surface area contributed by atoms with Crippen LogP contribution in [0, 0.1) is 24.2 Å². The Hall–Kier alpha value is -2.75. The average Bonchev–Trinajstić information content (AvgIpc) is 3.41. The van der Waals surface area contributed by atoms with Gasteiger partial charge in [0, 0.05) is 13.1 Å². The number of aryl methyl sites for hydroxylation is 1. The molecule has 2 aromatic rings. The van der Waals surface area contributed by atoms with E-state index in [4.69, 9.17) is 16.3 Å². The second-order valence-corrected chi connectivity index (χ2v) is 10.5. The largest absolute Gasteiger partial charge is 0.459 e. The molecule has 170 valence electrons. The Bertz CT molecular complexity index is 1190. The highest BCUT2D eigenvalue weighted by atomic mass is 35.5. The number of pyridine rings is 1. The van der Waals surface area contributed by atoms with Crippen LogP contribution in [0.3, 0.4) is 0 Å². The zero-order chi connectivity index (χ0) is 23.5. The summed E-state index contributed by atoms with van der Waals surface area (Å²) in [5, 5.41) is 9.51. The molecule has 0 saturated carbocycles. The Kier molecular flexibility index (Phi) is 7.33. The molecule has 1 saturated heterocycles. The van der Waals surface area contributed by atoms with Crippen molar-refractivity contribution in [2.75, 3.05) is 31.3 Å². The number of esters is 1. The third-order valence-corrected chi connectivity index (χ3v) is 7.82.